The van der Waals surface area contributed by atoms with Crippen LogP contribution in [0.1, 0.15) is 18.4 Å². The Morgan fingerprint density at radius 1 is 1.44 bits per heavy atom. The molecule has 1 aromatic heterocycles. The molecular formula is C9H12F3N3O2S. The maximum atomic E-state index is 12.4. The number of carbonyl (C=O) groups is 1. The van der Waals surface area contributed by atoms with Crippen LogP contribution in [0.3, 0.4) is 0 Å². The third kappa shape index (κ3) is 3.83. The van der Waals surface area contributed by atoms with Crippen LogP contribution < -0.4 is 4.90 Å². The second-order valence-electron chi connectivity index (χ2n) is 3.29. The van der Waals surface area contributed by atoms with Crippen molar-refractivity contribution < 1.29 is 22.7 Å². The van der Waals surface area contributed by atoms with E-state index in [1.54, 1.807) is 11.8 Å². The van der Waals surface area contributed by atoms with Gasteiger partial charge in [0.2, 0.25) is 10.1 Å². The van der Waals surface area contributed by atoms with E-state index >= 15 is 0 Å². The fourth-order valence-electron chi connectivity index (χ4n) is 1.18. The summed E-state index contributed by atoms with van der Waals surface area (Å²) in [5, 5.41) is 5.72. The molecule has 102 valence electrons. The predicted octanol–water partition coefficient (Wildman–Crippen LogP) is 1.95. The summed E-state index contributed by atoms with van der Waals surface area (Å²) in [6.45, 7) is 2.44. The van der Waals surface area contributed by atoms with Gasteiger partial charge in [0.25, 0.3) is 0 Å². The zero-order valence-corrected chi connectivity index (χ0v) is 10.6. The first-order chi connectivity index (χ1) is 8.38. The maximum absolute atomic E-state index is 12.4. The van der Waals surface area contributed by atoms with Gasteiger partial charge in [-0.05, 0) is 6.92 Å². The van der Waals surface area contributed by atoms with Gasteiger partial charge in [-0.1, -0.05) is 11.3 Å². The predicted molar refractivity (Wildman–Crippen MR) is 59.4 cm³/mol. The van der Waals surface area contributed by atoms with Crippen molar-refractivity contribution in [1.82, 2.24) is 10.2 Å². The summed E-state index contributed by atoms with van der Waals surface area (Å²) < 4.78 is 41.5. The SMILES string of the molecule is CCN(CCC(=O)OC)c1nnc(C(F)(F)F)s1. The molecule has 9 heteroatoms. The maximum Gasteiger partial charge on any atom is 0.445 e. The number of halogens is 3. The number of methoxy groups -OCH3 is 1. The molecule has 0 saturated heterocycles. The summed E-state index contributed by atoms with van der Waals surface area (Å²) in [6, 6.07) is 0. The first-order valence-electron chi connectivity index (χ1n) is 5.11. The zero-order valence-electron chi connectivity index (χ0n) is 9.82. The molecule has 5 nitrogen and oxygen atoms in total. The van der Waals surface area contributed by atoms with Crippen LogP contribution in [0.4, 0.5) is 18.3 Å². The van der Waals surface area contributed by atoms with Gasteiger partial charge in [0.15, 0.2) is 0 Å². The summed E-state index contributed by atoms with van der Waals surface area (Å²) in [5.41, 5.74) is 0. The highest BCUT2D eigenvalue weighted by Gasteiger charge is 2.36. The molecule has 1 rings (SSSR count). The Hall–Kier alpha value is -1.38. The molecule has 0 bridgehead atoms. The fourth-order valence-corrected chi connectivity index (χ4v) is 1.98. The van der Waals surface area contributed by atoms with E-state index < -0.39 is 17.2 Å². The summed E-state index contributed by atoms with van der Waals surface area (Å²) in [4.78, 5) is 12.5. The summed E-state index contributed by atoms with van der Waals surface area (Å²) in [7, 11) is 1.26. The number of hydrogen-bond acceptors (Lipinski definition) is 6. The summed E-state index contributed by atoms with van der Waals surface area (Å²) in [5.74, 6) is -0.422. The van der Waals surface area contributed by atoms with Gasteiger partial charge < -0.3 is 9.64 Å². The molecular weight excluding hydrogens is 271 g/mol. The average Bonchev–Trinajstić information content (AvgIpc) is 2.78. The van der Waals surface area contributed by atoms with Crippen molar-refractivity contribution in [2.24, 2.45) is 0 Å². The summed E-state index contributed by atoms with van der Waals surface area (Å²) >= 11 is 0.458. The number of aromatic nitrogens is 2. The third-order valence-corrected chi connectivity index (χ3v) is 3.15. The van der Waals surface area contributed by atoms with Crippen molar-refractivity contribution in [2.45, 2.75) is 19.5 Å². The molecule has 0 amide bonds. The minimum atomic E-state index is -4.49. The van der Waals surface area contributed by atoms with Crippen LogP contribution in [0.2, 0.25) is 0 Å². The number of esters is 1. The molecule has 0 spiro atoms. The highest BCUT2D eigenvalue weighted by atomic mass is 32.1. The molecule has 0 saturated carbocycles. The van der Waals surface area contributed by atoms with E-state index in [1.807, 2.05) is 0 Å². The zero-order chi connectivity index (χ0) is 13.8. The van der Waals surface area contributed by atoms with E-state index in [2.05, 4.69) is 14.9 Å². The Balaban J connectivity index is 2.71. The standard InChI is InChI=1S/C9H12F3N3O2S/c1-3-15(5-4-6(16)17-2)8-14-13-7(18-8)9(10,11)12/h3-5H2,1-2H3. The Labute approximate surface area is 106 Å². The Kier molecular flexibility index (Phi) is 4.88. The van der Waals surface area contributed by atoms with E-state index in [1.165, 1.54) is 7.11 Å². The highest BCUT2D eigenvalue weighted by Crippen LogP contribution is 2.34. The topological polar surface area (TPSA) is 55.3 Å². The van der Waals surface area contributed by atoms with Crippen molar-refractivity contribution in [3.05, 3.63) is 5.01 Å². The minimum Gasteiger partial charge on any atom is -0.469 e. The van der Waals surface area contributed by atoms with Gasteiger partial charge in [-0.3, -0.25) is 4.79 Å². The summed E-state index contributed by atoms with van der Waals surface area (Å²) in [6.07, 6.45) is -4.40. The van der Waals surface area contributed by atoms with E-state index in [9.17, 15) is 18.0 Å². The number of rotatable bonds is 5. The lowest BCUT2D eigenvalue weighted by Crippen LogP contribution is -2.26. The van der Waals surface area contributed by atoms with E-state index in [0.717, 1.165) is 0 Å². The number of alkyl halides is 3. The number of ether oxygens (including phenoxy) is 1. The quantitative estimate of drug-likeness (QED) is 0.773. The number of carbonyl (C=O) groups excluding carboxylic acids is 1. The first-order valence-corrected chi connectivity index (χ1v) is 5.92. The molecule has 0 unspecified atom stereocenters. The number of hydrogen-bond donors (Lipinski definition) is 0. The van der Waals surface area contributed by atoms with E-state index in [4.69, 9.17) is 0 Å². The lowest BCUT2D eigenvalue weighted by Gasteiger charge is -2.17. The molecule has 0 aliphatic rings. The van der Waals surface area contributed by atoms with Gasteiger partial charge in [-0.2, -0.15) is 13.2 Å². The largest absolute Gasteiger partial charge is 0.469 e. The highest BCUT2D eigenvalue weighted by molar-refractivity contribution is 7.15. The molecule has 18 heavy (non-hydrogen) atoms. The monoisotopic (exact) mass is 283 g/mol. The van der Waals surface area contributed by atoms with Crippen molar-refractivity contribution in [2.75, 3.05) is 25.1 Å². The van der Waals surface area contributed by atoms with Crippen LogP contribution in [0.5, 0.6) is 0 Å². The van der Waals surface area contributed by atoms with Crippen LogP contribution in [0, 0.1) is 0 Å². The normalized spacial score (nSPS) is 11.4. The molecule has 1 aromatic rings. The Morgan fingerprint density at radius 3 is 2.56 bits per heavy atom. The lowest BCUT2D eigenvalue weighted by atomic mass is 10.4. The van der Waals surface area contributed by atoms with Gasteiger partial charge in [0.05, 0.1) is 13.5 Å². The van der Waals surface area contributed by atoms with Crippen LogP contribution >= 0.6 is 11.3 Å². The van der Waals surface area contributed by atoms with Crippen molar-refractivity contribution in [3.63, 3.8) is 0 Å². The molecule has 0 atom stereocenters. The first kappa shape index (κ1) is 14.7. The molecule has 0 radical (unpaired) electrons. The number of anilines is 1. The van der Waals surface area contributed by atoms with Gasteiger partial charge in [-0.25, -0.2) is 0 Å². The van der Waals surface area contributed by atoms with E-state index in [0.29, 0.717) is 17.9 Å². The lowest BCUT2D eigenvalue weighted by molar-refractivity contribution is -0.140. The molecule has 1 heterocycles. The minimum absolute atomic E-state index is 0.0886. The second-order valence-corrected chi connectivity index (χ2v) is 4.25. The van der Waals surface area contributed by atoms with Crippen molar-refractivity contribution >= 4 is 22.4 Å². The van der Waals surface area contributed by atoms with Crippen LogP contribution in [0.15, 0.2) is 0 Å². The van der Waals surface area contributed by atoms with Crippen LogP contribution in [-0.2, 0) is 15.7 Å². The van der Waals surface area contributed by atoms with Gasteiger partial charge in [0, 0.05) is 13.1 Å². The van der Waals surface area contributed by atoms with Gasteiger partial charge >= 0.3 is 12.1 Å². The molecule has 0 N–H and O–H groups in total. The van der Waals surface area contributed by atoms with E-state index in [-0.39, 0.29) is 18.1 Å². The third-order valence-electron chi connectivity index (χ3n) is 2.12. The molecule has 0 fully saturated rings. The van der Waals surface area contributed by atoms with Crippen LogP contribution in [0.25, 0.3) is 0 Å². The van der Waals surface area contributed by atoms with Crippen molar-refractivity contribution in [3.8, 4) is 0 Å². The van der Waals surface area contributed by atoms with Crippen LogP contribution in [-0.4, -0.2) is 36.4 Å². The smallest absolute Gasteiger partial charge is 0.445 e. The van der Waals surface area contributed by atoms with Gasteiger partial charge in [0.1, 0.15) is 0 Å². The van der Waals surface area contributed by atoms with Crippen molar-refractivity contribution in [1.29, 1.82) is 0 Å². The molecule has 0 aromatic carbocycles. The van der Waals surface area contributed by atoms with Gasteiger partial charge in [-0.15, -0.1) is 10.2 Å². The molecule has 0 aliphatic heterocycles. The Morgan fingerprint density at radius 2 is 2.11 bits per heavy atom. The molecule has 0 aliphatic carbocycles. The number of nitrogens with zero attached hydrogens (tertiary/aromatic N) is 3. The fraction of sp³-hybridized carbons (Fsp3) is 0.667. The Bertz CT molecular complexity index is 408. The average molecular weight is 283 g/mol. The second kappa shape index (κ2) is 5.98.